The van der Waals surface area contributed by atoms with E-state index in [1.54, 1.807) is 0 Å². The van der Waals surface area contributed by atoms with Crippen molar-refractivity contribution in [1.82, 2.24) is 0 Å². The van der Waals surface area contributed by atoms with Crippen molar-refractivity contribution in [1.29, 1.82) is 0 Å². The van der Waals surface area contributed by atoms with E-state index >= 15 is 0 Å². The standard InChI is InChI=1S/C21H23NO2/c1-2-3-15-24-21(23)22-18-13-11-17(12-14-18)20-10-6-8-16-7-4-5-9-19(16)20/h5-6,8-14H,2-4,7,15H2,1H3,(H,22,23). The van der Waals surface area contributed by atoms with Gasteiger partial charge in [-0.3, -0.25) is 5.32 Å². The second-order valence-electron chi connectivity index (χ2n) is 6.01. The van der Waals surface area contributed by atoms with E-state index in [0.29, 0.717) is 6.61 Å². The minimum atomic E-state index is -0.392. The van der Waals surface area contributed by atoms with Gasteiger partial charge in [0.1, 0.15) is 0 Å². The zero-order valence-electron chi connectivity index (χ0n) is 14.0. The molecule has 3 nitrogen and oxygen atoms in total. The lowest BCUT2D eigenvalue weighted by Gasteiger charge is -2.15. The fourth-order valence-electron chi connectivity index (χ4n) is 2.92. The highest BCUT2D eigenvalue weighted by Gasteiger charge is 2.10. The summed E-state index contributed by atoms with van der Waals surface area (Å²) < 4.78 is 5.12. The van der Waals surface area contributed by atoms with E-state index in [1.165, 1.54) is 16.7 Å². The Labute approximate surface area is 143 Å². The predicted molar refractivity (Wildman–Crippen MR) is 99.1 cm³/mol. The lowest BCUT2D eigenvalue weighted by Crippen LogP contribution is -2.14. The van der Waals surface area contributed by atoms with Crippen molar-refractivity contribution in [3.63, 3.8) is 0 Å². The Morgan fingerprint density at radius 2 is 2.00 bits per heavy atom. The molecular weight excluding hydrogens is 298 g/mol. The van der Waals surface area contributed by atoms with Crippen LogP contribution in [-0.4, -0.2) is 12.7 Å². The number of hydrogen-bond acceptors (Lipinski definition) is 2. The SMILES string of the molecule is CCCCOC(=O)Nc1ccc(-c2cccc3c2C=CCC3)cc1. The fraction of sp³-hybridized carbons (Fsp3) is 0.286. The van der Waals surface area contributed by atoms with Crippen LogP contribution < -0.4 is 5.32 Å². The number of hydrogen-bond donors (Lipinski definition) is 1. The number of nitrogens with one attached hydrogen (secondary N) is 1. The number of fused-ring (bicyclic) bond motifs is 1. The van der Waals surface area contributed by atoms with Gasteiger partial charge in [-0.05, 0) is 53.6 Å². The Kier molecular flexibility index (Phi) is 5.32. The second-order valence-corrected chi connectivity index (χ2v) is 6.01. The van der Waals surface area contributed by atoms with E-state index in [0.717, 1.165) is 36.9 Å². The number of carbonyl (C=O) groups is 1. The first-order chi connectivity index (χ1) is 11.8. The molecule has 0 radical (unpaired) electrons. The first-order valence-electron chi connectivity index (χ1n) is 8.60. The molecule has 3 heteroatoms. The summed E-state index contributed by atoms with van der Waals surface area (Å²) in [7, 11) is 0. The van der Waals surface area contributed by atoms with Crippen molar-refractivity contribution >= 4 is 17.9 Å². The number of carbonyl (C=O) groups excluding carboxylic acids is 1. The Morgan fingerprint density at radius 1 is 1.17 bits per heavy atom. The molecule has 0 unspecified atom stereocenters. The van der Waals surface area contributed by atoms with Gasteiger partial charge in [-0.15, -0.1) is 0 Å². The van der Waals surface area contributed by atoms with Gasteiger partial charge in [-0.25, -0.2) is 4.79 Å². The van der Waals surface area contributed by atoms with Gasteiger partial charge in [0.25, 0.3) is 0 Å². The van der Waals surface area contributed by atoms with Gasteiger partial charge in [0, 0.05) is 5.69 Å². The highest BCUT2D eigenvalue weighted by Crippen LogP contribution is 2.31. The van der Waals surface area contributed by atoms with Crippen LogP contribution in [-0.2, 0) is 11.2 Å². The number of aryl methyl sites for hydroxylation is 1. The third-order valence-corrected chi connectivity index (χ3v) is 4.23. The molecule has 0 saturated carbocycles. The van der Waals surface area contributed by atoms with E-state index in [1.807, 2.05) is 24.3 Å². The molecule has 0 aliphatic heterocycles. The van der Waals surface area contributed by atoms with Crippen LogP contribution in [0.15, 0.2) is 48.5 Å². The van der Waals surface area contributed by atoms with Crippen molar-refractivity contribution in [2.24, 2.45) is 0 Å². The summed E-state index contributed by atoms with van der Waals surface area (Å²) in [6.45, 7) is 2.53. The largest absolute Gasteiger partial charge is 0.449 e. The van der Waals surface area contributed by atoms with Crippen molar-refractivity contribution in [3.8, 4) is 11.1 Å². The number of ether oxygens (including phenoxy) is 1. The summed E-state index contributed by atoms with van der Waals surface area (Å²) in [5.41, 5.74) is 5.85. The monoisotopic (exact) mass is 321 g/mol. The van der Waals surface area contributed by atoms with Gasteiger partial charge >= 0.3 is 6.09 Å². The predicted octanol–water partition coefficient (Wildman–Crippen LogP) is 5.66. The molecule has 0 spiro atoms. The topological polar surface area (TPSA) is 38.3 Å². The lowest BCUT2D eigenvalue weighted by atomic mass is 9.90. The Bertz CT molecular complexity index is 732. The normalized spacial score (nSPS) is 12.5. The molecule has 0 fully saturated rings. The quantitative estimate of drug-likeness (QED) is 0.721. The summed E-state index contributed by atoms with van der Waals surface area (Å²) >= 11 is 0. The lowest BCUT2D eigenvalue weighted by molar-refractivity contribution is 0.160. The van der Waals surface area contributed by atoms with Gasteiger partial charge in [0.05, 0.1) is 6.61 Å². The summed E-state index contributed by atoms with van der Waals surface area (Å²) in [6, 6.07) is 14.4. The van der Waals surface area contributed by atoms with Gasteiger partial charge in [-0.2, -0.15) is 0 Å². The van der Waals surface area contributed by atoms with Crippen molar-refractivity contribution in [3.05, 3.63) is 59.7 Å². The van der Waals surface area contributed by atoms with Crippen molar-refractivity contribution < 1.29 is 9.53 Å². The molecule has 2 aromatic carbocycles. The van der Waals surface area contributed by atoms with Crippen LogP contribution in [0, 0.1) is 0 Å². The Balaban J connectivity index is 1.72. The highest BCUT2D eigenvalue weighted by molar-refractivity contribution is 5.85. The highest BCUT2D eigenvalue weighted by atomic mass is 16.5. The number of amides is 1. The smallest absolute Gasteiger partial charge is 0.411 e. The van der Waals surface area contributed by atoms with Crippen LogP contribution in [0.2, 0.25) is 0 Å². The van der Waals surface area contributed by atoms with E-state index in [2.05, 4.69) is 42.6 Å². The van der Waals surface area contributed by atoms with Crippen molar-refractivity contribution in [2.75, 3.05) is 11.9 Å². The molecule has 1 amide bonds. The van der Waals surface area contributed by atoms with Crippen molar-refractivity contribution in [2.45, 2.75) is 32.6 Å². The zero-order chi connectivity index (χ0) is 16.8. The molecule has 2 aromatic rings. The molecule has 24 heavy (non-hydrogen) atoms. The molecule has 0 aromatic heterocycles. The zero-order valence-corrected chi connectivity index (χ0v) is 14.0. The van der Waals surface area contributed by atoms with Gasteiger partial charge < -0.3 is 4.74 Å². The van der Waals surface area contributed by atoms with Crippen LogP contribution >= 0.6 is 0 Å². The van der Waals surface area contributed by atoms with Crippen LogP contribution in [0.1, 0.15) is 37.3 Å². The molecular formula is C21H23NO2. The third-order valence-electron chi connectivity index (χ3n) is 4.23. The molecule has 0 saturated heterocycles. The number of benzene rings is 2. The molecule has 0 heterocycles. The van der Waals surface area contributed by atoms with Gasteiger partial charge in [0.15, 0.2) is 0 Å². The molecule has 124 valence electrons. The number of unbranched alkanes of at least 4 members (excludes halogenated alkanes) is 1. The van der Waals surface area contributed by atoms with Gasteiger partial charge in [0.2, 0.25) is 0 Å². The summed E-state index contributed by atoms with van der Waals surface area (Å²) in [5.74, 6) is 0. The van der Waals surface area contributed by atoms with E-state index < -0.39 is 6.09 Å². The minimum absolute atomic E-state index is 0.392. The van der Waals surface area contributed by atoms with E-state index in [4.69, 9.17) is 4.74 Å². The number of rotatable bonds is 5. The van der Waals surface area contributed by atoms with Crippen LogP contribution in [0.25, 0.3) is 17.2 Å². The number of allylic oxidation sites excluding steroid dienone is 1. The summed E-state index contributed by atoms with van der Waals surface area (Å²) in [5, 5.41) is 2.77. The van der Waals surface area contributed by atoms with Crippen LogP contribution in [0.5, 0.6) is 0 Å². The van der Waals surface area contributed by atoms with Gasteiger partial charge in [-0.1, -0.05) is 55.8 Å². The first kappa shape index (κ1) is 16.3. The molecule has 0 bridgehead atoms. The fourth-order valence-corrected chi connectivity index (χ4v) is 2.92. The molecule has 1 aliphatic rings. The average molecular weight is 321 g/mol. The molecule has 1 aliphatic carbocycles. The van der Waals surface area contributed by atoms with E-state index in [-0.39, 0.29) is 0 Å². The summed E-state index contributed by atoms with van der Waals surface area (Å²) in [4.78, 5) is 11.7. The van der Waals surface area contributed by atoms with Crippen LogP contribution in [0.3, 0.4) is 0 Å². The molecule has 1 N–H and O–H groups in total. The molecule has 3 rings (SSSR count). The summed E-state index contributed by atoms with van der Waals surface area (Å²) in [6.07, 6.45) is 8.16. The second kappa shape index (κ2) is 7.82. The first-order valence-corrected chi connectivity index (χ1v) is 8.60. The number of anilines is 1. The third kappa shape index (κ3) is 3.85. The Morgan fingerprint density at radius 3 is 2.79 bits per heavy atom. The average Bonchev–Trinajstić information content (AvgIpc) is 2.62. The minimum Gasteiger partial charge on any atom is -0.449 e. The maximum atomic E-state index is 11.7. The molecule has 0 atom stereocenters. The maximum Gasteiger partial charge on any atom is 0.411 e. The Hall–Kier alpha value is -2.55. The maximum absolute atomic E-state index is 11.7. The van der Waals surface area contributed by atoms with Crippen LogP contribution in [0.4, 0.5) is 10.5 Å². The van der Waals surface area contributed by atoms with E-state index in [9.17, 15) is 4.79 Å².